The van der Waals surface area contributed by atoms with Gasteiger partial charge in [0.1, 0.15) is 12.2 Å². The number of nitrogen functional groups attached to an aromatic ring is 1. The van der Waals surface area contributed by atoms with E-state index in [1.165, 1.54) is 11.1 Å². The third-order valence-electron chi connectivity index (χ3n) is 3.31. The maximum absolute atomic E-state index is 11.9. The number of likely N-dealkylation sites (tertiary alicyclic amines) is 1. The maximum Gasteiger partial charge on any atom is 0.258 e. The number of imide groups is 1. The second-order valence-electron chi connectivity index (χ2n) is 4.56. The van der Waals surface area contributed by atoms with Crippen LogP contribution in [0.5, 0.6) is 0 Å². The summed E-state index contributed by atoms with van der Waals surface area (Å²) < 4.78 is 6.94. The summed E-state index contributed by atoms with van der Waals surface area (Å²) >= 11 is 0. The van der Waals surface area contributed by atoms with Crippen LogP contribution in [0.1, 0.15) is 12.8 Å². The number of amides is 2. The van der Waals surface area contributed by atoms with E-state index in [0.29, 0.717) is 31.6 Å². The molecule has 2 saturated heterocycles. The standard InChI is InChI=1S/C11H14N4O3/c12-7-5-13-14(6-7)3-4-15-10(16)8-1-2-9(18-8)11(15)17/h5-6,8-9H,1-4,12H2. The lowest BCUT2D eigenvalue weighted by atomic mass is 10.2. The lowest BCUT2D eigenvalue weighted by molar-refractivity contribution is -0.168. The van der Waals surface area contributed by atoms with Crippen molar-refractivity contribution in [2.45, 2.75) is 31.6 Å². The number of fused-ring (bicyclic) bond motifs is 2. The average Bonchev–Trinajstić information content (AvgIpc) is 2.95. The summed E-state index contributed by atoms with van der Waals surface area (Å²) in [6.45, 7) is 0.767. The fraction of sp³-hybridized carbons (Fsp3) is 0.545. The molecular formula is C11H14N4O3. The molecule has 0 radical (unpaired) electrons. The zero-order chi connectivity index (χ0) is 12.7. The van der Waals surface area contributed by atoms with Gasteiger partial charge in [-0.1, -0.05) is 0 Å². The van der Waals surface area contributed by atoms with Crippen LogP contribution in [0.25, 0.3) is 0 Å². The molecule has 2 N–H and O–H groups in total. The first-order valence-corrected chi connectivity index (χ1v) is 5.94. The Morgan fingerprint density at radius 1 is 1.28 bits per heavy atom. The third kappa shape index (κ3) is 1.76. The van der Waals surface area contributed by atoms with E-state index in [-0.39, 0.29) is 11.8 Å². The van der Waals surface area contributed by atoms with Crippen LogP contribution in [0, 0.1) is 0 Å². The van der Waals surface area contributed by atoms with Gasteiger partial charge in [-0.3, -0.25) is 19.2 Å². The Kier molecular flexibility index (Phi) is 2.55. The zero-order valence-corrected chi connectivity index (χ0v) is 9.78. The molecule has 3 heterocycles. The average molecular weight is 250 g/mol. The first-order chi connectivity index (χ1) is 8.65. The fourth-order valence-corrected chi connectivity index (χ4v) is 2.38. The highest BCUT2D eigenvalue weighted by atomic mass is 16.5. The molecule has 0 spiro atoms. The summed E-state index contributed by atoms with van der Waals surface area (Å²) in [5, 5.41) is 4.02. The molecule has 96 valence electrons. The van der Waals surface area contributed by atoms with Crippen LogP contribution in [0.3, 0.4) is 0 Å². The molecule has 1 aromatic rings. The number of morpholine rings is 1. The van der Waals surface area contributed by atoms with Crippen LogP contribution in [0.15, 0.2) is 12.4 Å². The quantitative estimate of drug-likeness (QED) is 0.722. The molecule has 3 rings (SSSR count). The molecule has 2 unspecified atom stereocenters. The van der Waals surface area contributed by atoms with Crippen LogP contribution in [0.4, 0.5) is 5.69 Å². The Morgan fingerprint density at radius 3 is 2.50 bits per heavy atom. The van der Waals surface area contributed by atoms with Gasteiger partial charge in [-0.15, -0.1) is 0 Å². The molecule has 7 nitrogen and oxygen atoms in total. The topological polar surface area (TPSA) is 90.5 Å². The largest absolute Gasteiger partial charge is 0.396 e. The van der Waals surface area contributed by atoms with Gasteiger partial charge in [0.05, 0.1) is 18.4 Å². The second kappa shape index (κ2) is 4.09. The lowest BCUT2D eigenvalue weighted by Crippen LogP contribution is -2.52. The van der Waals surface area contributed by atoms with Gasteiger partial charge in [0.2, 0.25) is 0 Å². The Balaban J connectivity index is 1.68. The summed E-state index contributed by atoms with van der Waals surface area (Å²) in [5.41, 5.74) is 6.11. The minimum atomic E-state index is -0.435. The molecule has 7 heteroatoms. The van der Waals surface area contributed by atoms with Gasteiger partial charge >= 0.3 is 0 Å². The van der Waals surface area contributed by atoms with Crippen molar-refractivity contribution in [1.29, 1.82) is 0 Å². The van der Waals surface area contributed by atoms with Crippen molar-refractivity contribution in [3.8, 4) is 0 Å². The van der Waals surface area contributed by atoms with Gasteiger partial charge < -0.3 is 10.5 Å². The van der Waals surface area contributed by atoms with Crippen molar-refractivity contribution in [2.75, 3.05) is 12.3 Å². The molecular weight excluding hydrogens is 236 g/mol. The summed E-state index contributed by atoms with van der Waals surface area (Å²) in [7, 11) is 0. The van der Waals surface area contributed by atoms with Gasteiger partial charge in [0.25, 0.3) is 11.8 Å². The molecule has 1 aromatic heterocycles. The highest BCUT2D eigenvalue weighted by molar-refractivity contribution is 6.02. The number of rotatable bonds is 3. The van der Waals surface area contributed by atoms with Crippen molar-refractivity contribution in [1.82, 2.24) is 14.7 Å². The van der Waals surface area contributed by atoms with Crippen molar-refractivity contribution in [3.05, 3.63) is 12.4 Å². The normalized spacial score (nSPS) is 27.0. The molecule has 2 atom stereocenters. The van der Waals surface area contributed by atoms with Gasteiger partial charge in [-0.2, -0.15) is 5.10 Å². The Morgan fingerprint density at radius 2 is 1.94 bits per heavy atom. The minimum Gasteiger partial charge on any atom is -0.396 e. The number of anilines is 1. The van der Waals surface area contributed by atoms with E-state index in [1.54, 1.807) is 10.9 Å². The summed E-state index contributed by atoms with van der Waals surface area (Å²) in [4.78, 5) is 25.2. The van der Waals surface area contributed by atoms with E-state index in [4.69, 9.17) is 10.5 Å². The molecule has 2 bridgehead atoms. The van der Waals surface area contributed by atoms with Crippen molar-refractivity contribution >= 4 is 17.5 Å². The number of aromatic nitrogens is 2. The number of hydrogen-bond donors (Lipinski definition) is 1. The van der Waals surface area contributed by atoms with Gasteiger partial charge in [0, 0.05) is 12.7 Å². The first kappa shape index (κ1) is 11.2. The van der Waals surface area contributed by atoms with Crippen LogP contribution in [-0.2, 0) is 20.9 Å². The van der Waals surface area contributed by atoms with Crippen molar-refractivity contribution < 1.29 is 14.3 Å². The summed E-state index contributed by atoms with van der Waals surface area (Å²) in [5.74, 6) is -0.456. The lowest BCUT2D eigenvalue weighted by Gasteiger charge is -2.29. The number of nitrogens with zero attached hydrogens (tertiary/aromatic N) is 3. The number of hydrogen-bond acceptors (Lipinski definition) is 5. The Hall–Kier alpha value is -1.89. The van der Waals surface area contributed by atoms with Gasteiger partial charge in [-0.25, -0.2) is 0 Å². The minimum absolute atomic E-state index is 0.228. The second-order valence-corrected chi connectivity index (χ2v) is 4.56. The molecule has 0 saturated carbocycles. The number of nitrogens with two attached hydrogens (primary N) is 1. The van der Waals surface area contributed by atoms with E-state index in [0.717, 1.165) is 0 Å². The van der Waals surface area contributed by atoms with E-state index in [9.17, 15) is 9.59 Å². The van der Waals surface area contributed by atoms with Crippen LogP contribution < -0.4 is 5.73 Å². The molecule has 0 aliphatic carbocycles. The van der Waals surface area contributed by atoms with Gasteiger partial charge in [0.15, 0.2) is 0 Å². The number of carbonyl (C=O) groups is 2. The fourth-order valence-electron chi connectivity index (χ4n) is 2.38. The molecule has 18 heavy (non-hydrogen) atoms. The monoisotopic (exact) mass is 250 g/mol. The molecule has 0 aromatic carbocycles. The van der Waals surface area contributed by atoms with E-state index >= 15 is 0 Å². The van der Waals surface area contributed by atoms with E-state index in [1.807, 2.05) is 0 Å². The van der Waals surface area contributed by atoms with Crippen LogP contribution in [-0.4, -0.2) is 45.2 Å². The maximum atomic E-state index is 11.9. The smallest absolute Gasteiger partial charge is 0.258 e. The predicted octanol–water partition coefficient (Wildman–Crippen LogP) is -0.618. The summed E-state index contributed by atoms with van der Waals surface area (Å²) in [6.07, 6.45) is 3.61. The molecule has 2 aliphatic rings. The number of carbonyl (C=O) groups excluding carboxylic acids is 2. The molecule has 2 amide bonds. The summed E-state index contributed by atoms with van der Waals surface area (Å²) in [6, 6.07) is 0. The van der Waals surface area contributed by atoms with E-state index < -0.39 is 12.2 Å². The Bertz CT molecular complexity index is 476. The van der Waals surface area contributed by atoms with Crippen molar-refractivity contribution in [2.24, 2.45) is 0 Å². The van der Waals surface area contributed by atoms with Gasteiger partial charge in [-0.05, 0) is 12.8 Å². The number of ether oxygens (including phenoxy) is 1. The molecule has 2 aliphatic heterocycles. The zero-order valence-electron chi connectivity index (χ0n) is 9.78. The highest BCUT2D eigenvalue weighted by Crippen LogP contribution is 2.28. The van der Waals surface area contributed by atoms with Crippen molar-refractivity contribution in [3.63, 3.8) is 0 Å². The predicted molar refractivity (Wildman–Crippen MR) is 61.3 cm³/mol. The Labute approximate surface area is 103 Å². The van der Waals surface area contributed by atoms with Crippen LogP contribution in [0.2, 0.25) is 0 Å². The van der Waals surface area contributed by atoms with E-state index in [2.05, 4.69) is 5.10 Å². The molecule has 2 fully saturated rings. The first-order valence-electron chi connectivity index (χ1n) is 5.94. The highest BCUT2D eigenvalue weighted by Gasteiger charge is 2.46. The third-order valence-corrected chi connectivity index (χ3v) is 3.31. The van der Waals surface area contributed by atoms with Crippen LogP contribution >= 0.6 is 0 Å². The SMILES string of the molecule is Nc1cnn(CCN2C(=O)C3CCC(O3)C2=O)c1.